The molecule has 0 saturated carbocycles. The quantitative estimate of drug-likeness (QED) is 0.302. The normalized spacial score (nSPS) is 49.2. The van der Waals surface area contributed by atoms with Crippen LogP contribution in [-0.4, -0.2) is 46.5 Å². The molecule has 1 heterocycles. The maximum atomic E-state index is 8.96. The van der Waals surface area contributed by atoms with E-state index in [2.05, 4.69) is 0 Å². The van der Waals surface area contributed by atoms with Crippen molar-refractivity contribution in [2.45, 2.75) is 24.5 Å². The maximum Gasteiger partial charge on any atom is 0.134 e. The maximum absolute atomic E-state index is 8.96. The molecule has 0 aromatic carbocycles. The Morgan fingerprint density at radius 2 is 1.80 bits per heavy atom. The molecular formula is C5H11NO4. The van der Waals surface area contributed by atoms with Crippen LogP contribution in [0.4, 0.5) is 0 Å². The van der Waals surface area contributed by atoms with Crippen molar-refractivity contribution in [3.8, 4) is 0 Å². The van der Waals surface area contributed by atoms with Crippen LogP contribution in [0.5, 0.6) is 0 Å². The van der Waals surface area contributed by atoms with Crippen molar-refractivity contribution in [1.82, 2.24) is 0 Å². The molecule has 5 nitrogen and oxygen atoms in total. The van der Waals surface area contributed by atoms with Gasteiger partial charge in [0.2, 0.25) is 0 Å². The molecule has 4 atom stereocenters. The van der Waals surface area contributed by atoms with Crippen LogP contribution in [0.3, 0.4) is 0 Å². The summed E-state index contributed by atoms with van der Waals surface area (Å²) in [5, 5.41) is 26.8. The van der Waals surface area contributed by atoms with Gasteiger partial charge in [-0.1, -0.05) is 0 Å². The molecule has 10 heavy (non-hydrogen) atoms. The monoisotopic (exact) mass is 149 g/mol. The Balaban J connectivity index is 2.52. The van der Waals surface area contributed by atoms with Gasteiger partial charge in [0, 0.05) is 0 Å². The van der Waals surface area contributed by atoms with E-state index < -0.39 is 24.5 Å². The molecule has 5 heteroatoms. The Bertz CT molecular complexity index is 106. The summed E-state index contributed by atoms with van der Waals surface area (Å²) in [7, 11) is 0. The van der Waals surface area contributed by atoms with E-state index in [1.54, 1.807) is 0 Å². The molecular weight excluding hydrogens is 138 g/mol. The van der Waals surface area contributed by atoms with Crippen molar-refractivity contribution in [3.05, 3.63) is 0 Å². The SMILES string of the molecule is N[C@@H]1OC[C@@H](O)[C@H](O)C1O. The molecule has 0 aliphatic carbocycles. The molecule has 1 aliphatic rings. The van der Waals surface area contributed by atoms with Crippen LogP contribution in [0.1, 0.15) is 0 Å². The Kier molecular flexibility index (Phi) is 2.22. The highest BCUT2D eigenvalue weighted by atomic mass is 16.5. The number of ether oxygens (including phenoxy) is 1. The van der Waals surface area contributed by atoms with Gasteiger partial charge in [0.25, 0.3) is 0 Å². The molecule has 60 valence electrons. The van der Waals surface area contributed by atoms with Crippen molar-refractivity contribution in [2.24, 2.45) is 5.73 Å². The summed E-state index contributed by atoms with van der Waals surface area (Å²) in [6.07, 6.45) is -4.30. The Morgan fingerprint density at radius 1 is 1.20 bits per heavy atom. The molecule has 1 aliphatic heterocycles. The van der Waals surface area contributed by atoms with E-state index in [1.165, 1.54) is 0 Å². The highest BCUT2D eigenvalue weighted by Gasteiger charge is 2.35. The van der Waals surface area contributed by atoms with Gasteiger partial charge < -0.3 is 25.8 Å². The zero-order valence-electron chi connectivity index (χ0n) is 5.34. The lowest BCUT2D eigenvalue weighted by molar-refractivity contribution is -0.184. The van der Waals surface area contributed by atoms with Gasteiger partial charge in [0.15, 0.2) is 0 Å². The van der Waals surface area contributed by atoms with Crippen LogP contribution in [0.2, 0.25) is 0 Å². The van der Waals surface area contributed by atoms with Crippen molar-refractivity contribution >= 4 is 0 Å². The second-order valence-electron chi connectivity index (χ2n) is 2.35. The summed E-state index contributed by atoms with van der Waals surface area (Å²) in [4.78, 5) is 0. The third-order valence-electron chi connectivity index (χ3n) is 1.54. The van der Waals surface area contributed by atoms with Crippen LogP contribution in [0.25, 0.3) is 0 Å². The fourth-order valence-corrected chi connectivity index (χ4v) is 0.829. The van der Waals surface area contributed by atoms with E-state index in [0.717, 1.165) is 0 Å². The predicted octanol–water partition coefficient (Wildman–Crippen LogP) is -2.62. The summed E-state index contributed by atoms with van der Waals surface area (Å²) in [6.45, 7) is -0.0284. The number of rotatable bonds is 0. The molecule has 1 fully saturated rings. The van der Waals surface area contributed by atoms with Gasteiger partial charge in [0.05, 0.1) is 6.61 Å². The number of hydrogen-bond acceptors (Lipinski definition) is 5. The highest BCUT2D eigenvalue weighted by molar-refractivity contribution is 4.83. The van der Waals surface area contributed by atoms with Gasteiger partial charge in [0.1, 0.15) is 24.5 Å². The van der Waals surface area contributed by atoms with E-state index >= 15 is 0 Å². The van der Waals surface area contributed by atoms with Gasteiger partial charge in [-0.15, -0.1) is 0 Å². The molecule has 0 radical (unpaired) electrons. The lowest BCUT2D eigenvalue weighted by Gasteiger charge is -2.32. The Morgan fingerprint density at radius 3 is 2.30 bits per heavy atom. The Labute approximate surface area is 58.0 Å². The first-order valence-electron chi connectivity index (χ1n) is 3.04. The average molecular weight is 149 g/mol. The van der Waals surface area contributed by atoms with E-state index in [9.17, 15) is 0 Å². The minimum absolute atomic E-state index is 0.0284. The minimum atomic E-state index is -1.19. The smallest absolute Gasteiger partial charge is 0.134 e. The zero-order valence-corrected chi connectivity index (χ0v) is 5.34. The standard InChI is InChI=1S/C5H11NO4/c6-5-4(9)3(8)2(7)1-10-5/h2-5,7-9H,1,6H2/t2-,3+,4?,5-/m1/s1. The topological polar surface area (TPSA) is 95.9 Å². The van der Waals surface area contributed by atoms with Gasteiger partial charge in [-0.3, -0.25) is 0 Å². The van der Waals surface area contributed by atoms with Crippen molar-refractivity contribution in [2.75, 3.05) is 6.61 Å². The zero-order chi connectivity index (χ0) is 7.72. The van der Waals surface area contributed by atoms with Crippen LogP contribution in [0, 0.1) is 0 Å². The fraction of sp³-hybridized carbons (Fsp3) is 1.00. The number of aliphatic hydroxyl groups excluding tert-OH is 3. The van der Waals surface area contributed by atoms with Gasteiger partial charge in [-0.05, 0) is 0 Å². The van der Waals surface area contributed by atoms with Crippen molar-refractivity contribution < 1.29 is 20.1 Å². The molecule has 5 N–H and O–H groups in total. The first-order chi connectivity index (χ1) is 4.63. The minimum Gasteiger partial charge on any atom is -0.388 e. The first kappa shape index (κ1) is 7.90. The second kappa shape index (κ2) is 2.81. The van der Waals surface area contributed by atoms with E-state index in [1.807, 2.05) is 0 Å². The number of hydrogen-bond donors (Lipinski definition) is 4. The summed E-state index contributed by atoms with van der Waals surface area (Å²) in [6, 6.07) is 0. The molecule has 1 rings (SSSR count). The largest absolute Gasteiger partial charge is 0.388 e. The summed E-state index contributed by atoms with van der Waals surface area (Å²) in [5.41, 5.74) is 5.19. The van der Waals surface area contributed by atoms with Crippen LogP contribution in [0.15, 0.2) is 0 Å². The lowest BCUT2D eigenvalue weighted by atomic mass is 10.1. The second-order valence-corrected chi connectivity index (χ2v) is 2.35. The van der Waals surface area contributed by atoms with Gasteiger partial charge >= 0.3 is 0 Å². The fourth-order valence-electron chi connectivity index (χ4n) is 0.829. The molecule has 0 aromatic heterocycles. The lowest BCUT2D eigenvalue weighted by Crippen LogP contribution is -2.56. The van der Waals surface area contributed by atoms with Crippen LogP contribution in [-0.2, 0) is 4.74 Å². The highest BCUT2D eigenvalue weighted by Crippen LogP contribution is 2.11. The summed E-state index contributed by atoms with van der Waals surface area (Å²) < 4.78 is 4.69. The third kappa shape index (κ3) is 1.28. The van der Waals surface area contributed by atoms with E-state index in [0.29, 0.717) is 0 Å². The van der Waals surface area contributed by atoms with Gasteiger partial charge in [-0.2, -0.15) is 0 Å². The predicted molar refractivity (Wildman–Crippen MR) is 31.9 cm³/mol. The third-order valence-corrected chi connectivity index (χ3v) is 1.54. The van der Waals surface area contributed by atoms with Crippen LogP contribution < -0.4 is 5.73 Å². The molecule has 0 bridgehead atoms. The van der Waals surface area contributed by atoms with Gasteiger partial charge in [-0.25, -0.2) is 0 Å². The molecule has 0 amide bonds. The average Bonchev–Trinajstić information content (AvgIpc) is 1.93. The first-order valence-corrected chi connectivity index (χ1v) is 3.04. The molecule has 1 saturated heterocycles. The van der Waals surface area contributed by atoms with Crippen molar-refractivity contribution in [3.63, 3.8) is 0 Å². The number of nitrogens with two attached hydrogens (primary N) is 1. The van der Waals surface area contributed by atoms with E-state index in [4.69, 9.17) is 25.8 Å². The molecule has 0 spiro atoms. The number of aliphatic hydroxyl groups is 3. The van der Waals surface area contributed by atoms with E-state index in [-0.39, 0.29) is 6.61 Å². The molecule has 0 aromatic rings. The summed E-state index contributed by atoms with van der Waals surface area (Å²) in [5.74, 6) is 0. The van der Waals surface area contributed by atoms with Crippen LogP contribution >= 0.6 is 0 Å². The summed E-state index contributed by atoms with van der Waals surface area (Å²) >= 11 is 0. The van der Waals surface area contributed by atoms with Crippen molar-refractivity contribution in [1.29, 1.82) is 0 Å². The Hall–Kier alpha value is -0.200. The molecule has 1 unspecified atom stereocenters.